The van der Waals surface area contributed by atoms with E-state index in [9.17, 15) is 9.59 Å². The lowest BCUT2D eigenvalue weighted by Crippen LogP contribution is -2.51. The van der Waals surface area contributed by atoms with Crippen LogP contribution >= 0.6 is 23.4 Å². The van der Waals surface area contributed by atoms with Crippen LogP contribution in [0, 0.1) is 0 Å². The Balaban J connectivity index is 1.31. The molecular weight excluding hydrogens is 488 g/mol. The summed E-state index contributed by atoms with van der Waals surface area (Å²) in [4.78, 5) is 30.1. The van der Waals surface area contributed by atoms with Crippen molar-refractivity contribution >= 4 is 41.4 Å². The molecule has 0 saturated carbocycles. The maximum atomic E-state index is 12.6. The Morgan fingerprint density at radius 1 is 0.971 bits per heavy atom. The molecule has 0 spiro atoms. The summed E-state index contributed by atoms with van der Waals surface area (Å²) in [7, 11) is 0. The van der Waals surface area contributed by atoms with Gasteiger partial charge in [0.15, 0.2) is 11.5 Å². The highest BCUT2D eigenvalue weighted by Gasteiger charge is 2.27. The molecule has 4 rings (SSSR count). The molecule has 2 aromatic carbocycles. The molecule has 2 aliphatic heterocycles. The van der Waals surface area contributed by atoms with Crippen LogP contribution in [0.1, 0.15) is 26.3 Å². The second-order valence-electron chi connectivity index (χ2n) is 9.22. The lowest BCUT2D eigenvalue weighted by molar-refractivity contribution is -0.127. The summed E-state index contributed by atoms with van der Waals surface area (Å²) in [5.41, 5.74) is 0.300. The van der Waals surface area contributed by atoms with E-state index in [1.807, 2.05) is 57.2 Å². The zero-order valence-electron chi connectivity index (χ0n) is 20.1. The maximum Gasteiger partial charge on any atom is 0.410 e. The van der Waals surface area contributed by atoms with E-state index < -0.39 is 5.60 Å². The number of halogens is 1. The highest BCUT2D eigenvalue weighted by atomic mass is 35.5. The molecule has 0 aliphatic carbocycles. The molecule has 0 N–H and O–H groups in total. The maximum absolute atomic E-state index is 12.6. The molecule has 1 fully saturated rings. The average molecular weight is 517 g/mol. The van der Waals surface area contributed by atoms with E-state index >= 15 is 0 Å². The molecule has 1 saturated heterocycles. The van der Waals surface area contributed by atoms with Crippen molar-refractivity contribution in [3.8, 4) is 11.5 Å². The molecule has 186 valence electrons. The Labute approximate surface area is 215 Å². The van der Waals surface area contributed by atoms with Gasteiger partial charge >= 0.3 is 6.09 Å². The fourth-order valence-corrected chi connectivity index (χ4v) is 4.78. The first-order valence-electron chi connectivity index (χ1n) is 11.5. The number of carbonyl (C=O) groups is 2. The molecule has 0 unspecified atom stereocenters. The van der Waals surface area contributed by atoms with Gasteiger partial charge in [-0.05, 0) is 62.7 Å². The Morgan fingerprint density at radius 2 is 1.66 bits per heavy atom. The zero-order valence-corrected chi connectivity index (χ0v) is 21.7. The van der Waals surface area contributed by atoms with E-state index in [4.69, 9.17) is 25.8 Å². The van der Waals surface area contributed by atoms with E-state index in [0.717, 1.165) is 26.9 Å². The van der Waals surface area contributed by atoms with Crippen molar-refractivity contribution < 1.29 is 23.8 Å². The summed E-state index contributed by atoms with van der Waals surface area (Å²) < 4.78 is 16.6. The van der Waals surface area contributed by atoms with Gasteiger partial charge in [0.25, 0.3) is 0 Å². The highest BCUT2D eigenvalue weighted by Crippen LogP contribution is 2.39. The van der Waals surface area contributed by atoms with Gasteiger partial charge in [-0.2, -0.15) is 0 Å². The molecule has 0 aromatic heterocycles. The van der Waals surface area contributed by atoms with Crippen molar-refractivity contribution in [3.63, 3.8) is 0 Å². The first kappa shape index (κ1) is 25.3. The molecule has 0 bridgehead atoms. The van der Waals surface area contributed by atoms with Crippen LogP contribution in [0.5, 0.6) is 11.5 Å². The van der Waals surface area contributed by atoms with Crippen LogP contribution in [0.4, 0.5) is 4.79 Å². The van der Waals surface area contributed by atoms with E-state index in [0.29, 0.717) is 44.4 Å². The molecule has 35 heavy (non-hydrogen) atoms. The van der Waals surface area contributed by atoms with Gasteiger partial charge < -0.3 is 24.0 Å². The molecule has 7 nitrogen and oxygen atoms in total. The van der Waals surface area contributed by atoms with Crippen LogP contribution in [0.3, 0.4) is 0 Å². The molecule has 0 atom stereocenters. The number of nitrogens with zero attached hydrogens (tertiary/aromatic N) is 2. The van der Waals surface area contributed by atoms with Gasteiger partial charge in [0, 0.05) is 42.0 Å². The minimum atomic E-state index is -0.536. The quantitative estimate of drug-likeness (QED) is 0.510. The smallest absolute Gasteiger partial charge is 0.410 e. The third kappa shape index (κ3) is 6.86. The van der Waals surface area contributed by atoms with Crippen LogP contribution in [-0.2, 0) is 9.53 Å². The van der Waals surface area contributed by atoms with Crippen LogP contribution < -0.4 is 9.47 Å². The minimum Gasteiger partial charge on any atom is -0.486 e. The van der Waals surface area contributed by atoms with Crippen LogP contribution in [0.15, 0.2) is 52.3 Å². The van der Waals surface area contributed by atoms with Gasteiger partial charge in [-0.1, -0.05) is 29.4 Å². The molecule has 0 radical (unpaired) electrons. The van der Waals surface area contributed by atoms with Crippen molar-refractivity contribution in [2.45, 2.75) is 36.2 Å². The van der Waals surface area contributed by atoms with E-state index in [-0.39, 0.29) is 12.0 Å². The Hall–Kier alpha value is -2.84. The van der Waals surface area contributed by atoms with Crippen molar-refractivity contribution in [3.05, 3.63) is 53.1 Å². The van der Waals surface area contributed by atoms with Gasteiger partial charge in [0.2, 0.25) is 5.91 Å². The number of carbonyl (C=O) groups excluding carboxylic acids is 2. The first-order chi connectivity index (χ1) is 16.7. The van der Waals surface area contributed by atoms with Gasteiger partial charge in [-0.15, -0.1) is 0 Å². The number of hydrogen-bond acceptors (Lipinski definition) is 6. The second kappa shape index (κ2) is 10.8. The van der Waals surface area contributed by atoms with Crippen molar-refractivity contribution in [1.82, 2.24) is 9.80 Å². The van der Waals surface area contributed by atoms with Crippen LogP contribution in [0.2, 0.25) is 5.02 Å². The third-order valence-corrected chi connectivity index (χ3v) is 6.85. The molecule has 2 aromatic rings. The fourth-order valence-electron chi connectivity index (χ4n) is 3.63. The average Bonchev–Trinajstić information content (AvgIpc) is 2.83. The van der Waals surface area contributed by atoms with E-state index in [1.165, 1.54) is 11.8 Å². The first-order valence-corrected chi connectivity index (χ1v) is 12.7. The summed E-state index contributed by atoms with van der Waals surface area (Å²) in [6.07, 6.45) is 2.96. The second-order valence-corrected chi connectivity index (χ2v) is 10.7. The predicted molar refractivity (Wildman–Crippen MR) is 136 cm³/mol. The number of fused-ring (bicyclic) bond motifs is 1. The monoisotopic (exact) mass is 516 g/mol. The molecule has 2 aliphatic rings. The SMILES string of the molecule is CC(C)(C)OC(=O)N1CCN(C(=O)/C=C/c2ccc(Sc3ccc4c(c3)OCCO4)c(Cl)c2)CC1. The van der Waals surface area contributed by atoms with Crippen LogP contribution in [0.25, 0.3) is 6.08 Å². The van der Waals surface area contributed by atoms with Gasteiger partial charge in [0.1, 0.15) is 18.8 Å². The fraction of sp³-hybridized carbons (Fsp3) is 0.385. The van der Waals surface area contributed by atoms with Crippen molar-refractivity contribution in [2.24, 2.45) is 0 Å². The third-order valence-electron chi connectivity index (χ3n) is 5.36. The lowest BCUT2D eigenvalue weighted by Gasteiger charge is -2.35. The molecular formula is C26H29ClN2O5S. The van der Waals surface area contributed by atoms with Gasteiger partial charge in [-0.25, -0.2) is 4.79 Å². The van der Waals surface area contributed by atoms with E-state index in [2.05, 4.69) is 0 Å². The lowest BCUT2D eigenvalue weighted by atomic mass is 10.2. The van der Waals surface area contributed by atoms with Crippen molar-refractivity contribution in [1.29, 1.82) is 0 Å². The van der Waals surface area contributed by atoms with E-state index in [1.54, 1.807) is 22.0 Å². The summed E-state index contributed by atoms with van der Waals surface area (Å²) >= 11 is 8.06. The normalized spacial score (nSPS) is 15.9. The summed E-state index contributed by atoms with van der Waals surface area (Å²) in [5.74, 6) is 1.39. The summed E-state index contributed by atoms with van der Waals surface area (Å²) in [6.45, 7) is 8.45. The van der Waals surface area contributed by atoms with Gasteiger partial charge in [-0.3, -0.25) is 4.79 Å². The summed E-state index contributed by atoms with van der Waals surface area (Å²) in [6, 6.07) is 11.5. The number of benzene rings is 2. The number of hydrogen-bond donors (Lipinski definition) is 0. The predicted octanol–water partition coefficient (Wildman–Crippen LogP) is 5.35. The molecule has 2 heterocycles. The zero-order chi connectivity index (χ0) is 25.0. The van der Waals surface area contributed by atoms with Crippen molar-refractivity contribution in [2.75, 3.05) is 39.4 Å². The minimum absolute atomic E-state index is 0.0975. The topological polar surface area (TPSA) is 68.3 Å². The number of ether oxygens (including phenoxy) is 3. The number of piperazine rings is 1. The number of rotatable bonds is 4. The Bertz CT molecular complexity index is 1120. The standard InChI is InChI=1S/C26H29ClN2O5S/c1-26(2,3)34-25(31)29-12-10-28(11-13-29)24(30)9-5-18-4-8-23(20(27)16-18)35-19-6-7-21-22(17-19)33-15-14-32-21/h4-9,16-17H,10-15H2,1-3H3/b9-5+. The largest absolute Gasteiger partial charge is 0.486 e. The Kier molecular flexibility index (Phi) is 7.82. The van der Waals surface area contributed by atoms with Gasteiger partial charge in [0.05, 0.1) is 5.02 Å². The summed E-state index contributed by atoms with van der Waals surface area (Å²) in [5, 5.41) is 0.602. The van der Waals surface area contributed by atoms with Crippen LogP contribution in [-0.4, -0.2) is 66.8 Å². The molecule has 9 heteroatoms. The highest BCUT2D eigenvalue weighted by molar-refractivity contribution is 7.99. The Morgan fingerprint density at radius 3 is 2.34 bits per heavy atom. The number of amides is 2. The molecule has 2 amide bonds.